The molecule has 0 aliphatic heterocycles. The minimum atomic E-state index is -0.425. The van der Waals surface area contributed by atoms with Gasteiger partial charge in [0.25, 0.3) is 5.69 Å². The monoisotopic (exact) mass is 318 g/mol. The molecule has 22 heavy (non-hydrogen) atoms. The van der Waals surface area contributed by atoms with E-state index in [1.807, 2.05) is 6.07 Å². The van der Waals surface area contributed by atoms with E-state index in [-0.39, 0.29) is 5.69 Å². The number of hydrogen-bond donors (Lipinski definition) is 0. The Morgan fingerprint density at radius 3 is 2.64 bits per heavy atom. The summed E-state index contributed by atoms with van der Waals surface area (Å²) in [5, 5.41) is 10.6. The summed E-state index contributed by atoms with van der Waals surface area (Å²) in [5.74, 6) is 1.29. The zero-order chi connectivity index (χ0) is 15.8. The lowest BCUT2D eigenvalue weighted by atomic mass is 10.3. The Morgan fingerprint density at radius 2 is 1.95 bits per heavy atom. The number of nitro benzene ring substituents is 1. The van der Waals surface area contributed by atoms with Gasteiger partial charge in [-0.3, -0.25) is 15.1 Å². The number of non-ortho nitro benzene ring substituents is 1. The highest BCUT2D eigenvalue weighted by Gasteiger charge is 2.05. The minimum Gasteiger partial charge on any atom is -0.457 e. The van der Waals surface area contributed by atoms with Crippen molar-refractivity contribution in [2.45, 2.75) is 26.2 Å². The highest BCUT2D eigenvalue weighted by molar-refractivity contribution is 7.46. The van der Waals surface area contributed by atoms with Gasteiger partial charge in [-0.15, -0.1) is 0 Å². The fraction of sp³-hybridized carbons (Fsp3) is 0.312. The van der Waals surface area contributed by atoms with Crippen molar-refractivity contribution in [2.75, 3.05) is 6.16 Å². The fourth-order valence-corrected chi connectivity index (χ4v) is 3.03. The summed E-state index contributed by atoms with van der Waals surface area (Å²) in [7, 11) is 0.686. The molecule has 0 spiro atoms. The van der Waals surface area contributed by atoms with Crippen LogP contribution >= 0.6 is 8.58 Å². The van der Waals surface area contributed by atoms with Gasteiger partial charge in [-0.1, -0.05) is 28.3 Å². The second-order valence-electron chi connectivity index (χ2n) is 4.86. The predicted octanol–water partition coefficient (Wildman–Crippen LogP) is 4.28. The first-order chi connectivity index (χ1) is 10.7. The van der Waals surface area contributed by atoms with E-state index >= 15 is 0 Å². The van der Waals surface area contributed by atoms with Crippen molar-refractivity contribution < 1.29 is 9.66 Å². The third kappa shape index (κ3) is 5.08. The minimum absolute atomic E-state index is 0.0557. The van der Waals surface area contributed by atoms with Crippen LogP contribution in [0, 0.1) is 10.1 Å². The summed E-state index contributed by atoms with van der Waals surface area (Å²) in [4.78, 5) is 14.6. The van der Waals surface area contributed by atoms with Crippen LogP contribution in [0.4, 0.5) is 5.69 Å². The number of nitrogens with zero attached hydrogens (tertiary/aromatic N) is 2. The van der Waals surface area contributed by atoms with E-state index in [1.54, 1.807) is 24.4 Å². The summed E-state index contributed by atoms with van der Waals surface area (Å²) in [6.07, 6.45) is 6.60. The van der Waals surface area contributed by atoms with Crippen LogP contribution in [0.1, 0.15) is 26.2 Å². The van der Waals surface area contributed by atoms with Gasteiger partial charge in [0, 0.05) is 24.4 Å². The number of benzene rings is 1. The number of ether oxygens (including phenoxy) is 1. The Labute approximate surface area is 131 Å². The van der Waals surface area contributed by atoms with E-state index < -0.39 is 4.92 Å². The molecule has 1 unspecified atom stereocenters. The average Bonchev–Trinajstić information content (AvgIpc) is 2.52. The zero-order valence-electron chi connectivity index (χ0n) is 12.5. The van der Waals surface area contributed by atoms with Gasteiger partial charge in [0.1, 0.15) is 11.5 Å². The van der Waals surface area contributed by atoms with E-state index in [0.29, 0.717) is 20.1 Å². The van der Waals surface area contributed by atoms with Crippen LogP contribution in [0.5, 0.6) is 11.5 Å². The van der Waals surface area contributed by atoms with E-state index in [9.17, 15) is 10.1 Å². The van der Waals surface area contributed by atoms with E-state index in [0.717, 1.165) is 11.6 Å². The molecule has 0 amide bonds. The van der Waals surface area contributed by atoms with Crippen LogP contribution in [0.15, 0.2) is 42.6 Å². The van der Waals surface area contributed by atoms with Gasteiger partial charge in [-0.25, -0.2) is 0 Å². The normalized spacial score (nSPS) is 11.0. The van der Waals surface area contributed by atoms with Crippen molar-refractivity contribution in [1.29, 1.82) is 0 Å². The maximum absolute atomic E-state index is 10.6. The van der Waals surface area contributed by atoms with Gasteiger partial charge in [0.05, 0.1) is 10.4 Å². The molecule has 1 atom stereocenters. The standard InChI is InChI=1S/C16H19N2O3P/c1-2-3-4-11-22-16-12-15(9-10-17-16)21-14-7-5-13(6-8-14)18(19)20/h5-10,12,22H,2-4,11H2,1H3. The van der Waals surface area contributed by atoms with Crippen LogP contribution in [0.3, 0.4) is 0 Å². The summed E-state index contributed by atoms with van der Waals surface area (Å²) < 4.78 is 5.72. The zero-order valence-corrected chi connectivity index (χ0v) is 13.5. The lowest BCUT2D eigenvalue weighted by molar-refractivity contribution is -0.384. The largest absolute Gasteiger partial charge is 0.457 e. The number of pyridine rings is 1. The number of unbranched alkanes of at least 4 members (excludes halogenated alkanes) is 2. The van der Waals surface area contributed by atoms with Gasteiger partial charge >= 0.3 is 0 Å². The van der Waals surface area contributed by atoms with Gasteiger partial charge < -0.3 is 4.74 Å². The Kier molecular flexibility index (Phi) is 6.28. The summed E-state index contributed by atoms with van der Waals surface area (Å²) >= 11 is 0. The SMILES string of the molecule is CCCCCPc1cc(Oc2ccc([N+](=O)[O-])cc2)ccn1. The molecule has 5 nitrogen and oxygen atoms in total. The molecule has 0 bridgehead atoms. The smallest absolute Gasteiger partial charge is 0.269 e. The third-order valence-electron chi connectivity index (χ3n) is 3.10. The molecular formula is C16H19N2O3P. The van der Waals surface area contributed by atoms with E-state index in [1.165, 1.54) is 31.4 Å². The van der Waals surface area contributed by atoms with Crippen LogP contribution in [-0.4, -0.2) is 16.1 Å². The Hall–Kier alpha value is -2.00. The molecule has 116 valence electrons. The average molecular weight is 318 g/mol. The number of aromatic nitrogens is 1. The number of nitro groups is 1. The van der Waals surface area contributed by atoms with Crippen LogP contribution in [-0.2, 0) is 0 Å². The van der Waals surface area contributed by atoms with Crippen molar-refractivity contribution in [3.8, 4) is 11.5 Å². The summed E-state index contributed by atoms with van der Waals surface area (Å²) in [5.41, 5.74) is 1.09. The molecule has 0 radical (unpaired) electrons. The quantitative estimate of drug-likeness (QED) is 0.315. The molecule has 0 fully saturated rings. The lowest BCUT2D eigenvalue weighted by Gasteiger charge is -2.07. The van der Waals surface area contributed by atoms with Crippen molar-refractivity contribution in [3.63, 3.8) is 0 Å². The molecule has 2 aromatic rings. The first-order valence-corrected chi connectivity index (χ1v) is 8.52. The van der Waals surface area contributed by atoms with E-state index in [4.69, 9.17) is 4.74 Å². The number of hydrogen-bond acceptors (Lipinski definition) is 4. The van der Waals surface area contributed by atoms with Crippen molar-refractivity contribution >= 4 is 19.7 Å². The number of rotatable bonds is 8. The van der Waals surface area contributed by atoms with Gasteiger partial charge in [-0.05, 0) is 30.8 Å². The van der Waals surface area contributed by atoms with Crippen LogP contribution in [0.25, 0.3) is 0 Å². The Bertz CT molecular complexity index is 617. The highest BCUT2D eigenvalue weighted by atomic mass is 31.1. The second kappa shape index (κ2) is 8.44. The van der Waals surface area contributed by atoms with Gasteiger partial charge in [0.15, 0.2) is 0 Å². The van der Waals surface area contributed by atoms with Crippen molar-refractivity contribution in [2.24, 2.45) is 0 Å². The second-order valence-corrected chi connectivity index (χ2v) is 6.23. The molecule has 6 heteroatoms. The lowest BCUT2D eigenvalue weighted by Crippen LogP contribution is -2.01. The molecule has 0 N–H and O–H groups in total. The third-order valence-corrected chi connectivity index (χ3v) is 4.34. The van der Waals surface area contributed by atoms with Crippen LogP contribution in [0.2, 0.25) is 0 Å². The summed E-state index contributed by atoms with van der Waals surface area (Å²) in [6.45, 7) is 2.19. The summed E-state index contributed by atoms with van der Waals surface area (Å²) in [6, 6.07) is 9.80. The first-order valence-electron chi connectivity index (χ1n) is 7.31. The molecule has 0 saturated carbocycles. The molecule has 2 rings (SSSR count). The van der Waals surface area contributed by atoms with Gasteiger partial charge in [-0.2, -0.15) is 0 Å². The Morgan fingerprint density at radius 1 is 1.18 bits per heavy atom. The topological polar surface area (TPSA) is 65.3 Å². The van der Waals surface area contributed by atoms with Gasteiger partial charge in [0.2, 0.25) is 0 Å². The predicted molar refractivity (Wildman–Crippen MR) is 89.7 cm³/mol. The highest BCUT2D eigenvalue weighted by Crippen LogP contribution is 2.24. The maximum atomic E-state index is 10.6. The molecule has 1 heterocycles. The first kappa shape index (κ1) is 16.4. The van der Waals surface area contributed by atoms with Crippen LogP contribution < -0.4 is 10.2 Å². The molecular weight excluding hydrogens is 299 g/mol. The molecule has 0 aliphatic rings. The van der Waals surface area contributed by atoms with Crippen molar-refractivity contribution in [3.05, 3.63) is 52.7 Å². The van der Waals surface area contributed by atoms with Crippen molar-refractivity contribution in [1.82, 2.24) is 4.98 Å². The molecule has 0 saturated heterocycles. The maximum Gasteiger partial charge on any atom is 0.269 e. The molecule has 1 aromatic carbocycles. The molecule has 0 aliphatic carbocycles. The molecule has 1 aromatic heterocycles. The Balaban J connectivity index is 1.96. The van der Waals surface area contributed by atoms with E-state index in [2.05, 4.69) is 11.9 Å². The fourth-order valence-electron chi connectivity index (χ4n) is 1.93.